The smallest absolute Gasteiger partial charge is 0.273 e. The summed E-state index contributed by atoms with van der Waals surface area (Å²) in [6.07, 6.45) is 1.34. The number of thiazole rings is 1. The zero-order valence-corrected chi connectivity index (χ0v) is 17.3. The minimum absolute atomic E-state index is 0.163. The van der Waals surface area contributed by atoms with E-state index in [0.29, 0.717) is 26.8 Å². The molecule has 0 radical (unpaired) electrons. The van der Waals surface area contributed by atoms with E-state index in [9.17, 15) is 9.59 Å². The number of hydrogen-bond acceptors (Lipinski definition) is 7. The zero-order chi connectivity index (χ0) is 20.3. The highest BCUT2D eigenvalue weighted by molar-refractivity contribution is 7.22. The molecule has 2 aromatic heterocycles. The summed E-state index contributed by atoms with van der Waals surface area (Å²) in [6, 6.07) is 4.91. The fourth-order valence-corrected chi connectivity index (χ4v) is 4.03. The molecule has 0 fully saturated rings. The Bertz CT molecular complexity index is 1060. The molecule has 0 atom stereocenters. The van der Waals surface area contributed by atoms with Crippen LogP contribution in [0.3, 0.4) is 0 Å². The van der Waals surface area contributed by atoms with E-state index < -0.39 is 0 Å². The van der Waals surface area contributed by atoms with Crippen molar-refractivity contribution < 1.29 is 9.53 Å². The lowest BCUT2D eigenvalue weighted by molar-refractivity contribution is -0.116. The Morgan fingerprint density at radius 1 is 1.36 bits per heavy atom. The van der Waals surface area contributed by atoms with Crippen molar-refractivity contribution in [2.75, 3.05) is 30.4 Å². The molecule has 0 aliphatic heterocycles. The Labute approximate surface area is 170 Å². The number of hydrogen-bond donors (Lipinski definition) is 1. The quantitative estimate of drug-likeness (QED) is 0.630. The molecule has 148 valence electrons. The van der Waals surface area contributed by atoms with E-state index in [2.05, 4.69) is 20.2 Å². The van der Waals surface area contributed by atoms with Crippen LogP contribution in [0.15, 0.2) is 29.3 Å². The number of ether oxygens (including phenoxy) is 1. The van der Waals surface area contributed by atoms with Crippen molar-refractivity contribution in [2.45, 2.75) is 20.4 Å². The molecule has 3 rings (SSSR count). The van der Waals surface area contributed by atoms with E-state index in [4.69, 9.17) is 16.3 Å². The van der Waals surface area contributed by atoms with Gasteiger partial charge in [0, 0.05) is 18.8 Å². The number of rotatable bonds is 7. The van der Waals surface area contributed by atoms with E-state index in [1.165, 1.54) is 29.3 Å². The SMILES string of the molecule is CCN(CC)c1nc2ncn(CC(=O)Nc3ccc(OC)c(Cl)c3)c(=O)c2s1. The molecule has 0 aliphatic carbocycles. The summed E-state index contributed by atoms with van der Waals surface area (Å²) in [5.74, 6) is 0.151. The van der Waals surface area contributed by atoms with Crippen LogP contribution in [0.2, 0.25) is 5.02 Å². The van der Waals surface area contributed by atoms with Gasteiger partial charge in [-0.2, -0.15) is 4.98 Å². The van der Waals surface area contributed by atoms with Crippen LogP contribution in [-0.4, -0.2) is 40.6 Å². The molecule has 1 N–H and O–H groups in total. The van der Waals surface area contributed by atoms with Crippen molar-refractivity contribution in [1.29, 1.82) is 0 Å². The van der Waals surface area contributed by atoms with Gasteiger partial charge in [-0.3, -0.25) is 14.2 Å². The van der Waals surface area contributed by atoms with Crippen molar-refractivity contribution in [3.63, 3.8) is 0 Å². The van der Waals surface area contributed by atoms with Gasteiger partial charge in [0.1, 0.15) is 23.3 Å². The lowest BCUT2D eigenvalue weighted by atomic mass is 10.3. The number of nitrogens with one attached hydrogen (secondary N) is 1. The minimum Gasteiger partial charge on any atom is -0.495 e. The van der Waals surface area contributed by atoms with Gasteiger partial charge in [-0.25, -0.2) is 4.98 Å². The van der Waals surface area contributed by atoms with Gasteiger partial charge in [0.15, 0.2) is 10.8 Å². The van der Waals surface area contributed by atoms with Crippen molar-refractivity contribution in [3.8, 4) is 5.75 Å². The molecule has 0 aliphatic rings. The first kappa shape index (κ1) is 20.1. The second-order valence-electron chi connectivity index (χ2n) is 5.90. The van der Waals surface area contributed by atoms with Crippen LogP contribution >= 0.6 is 22.9 Å². The molecule has 10 heteroatoms. The molecule has 1 aromatic carbocycles. The number of amides is 1. The van der Waals surface area contributed by atoms with Gasteiger partial charge in [0.2, 0.25) is 5.91 Å². The molecule has 1 amide bonds. The number of nitrogens with zero attached hydrogens (tertiary/aromatic N) is 4. The number of anilines is 2. The lowest BCUT2D eigenvalue weighted by Crippen LogP contribution is -2.27. The van der Waals surface area contributed by atoms with E-state index in [-0.39, 0.29) is 18.0 Å². The summed E-state index contributed by atoms with van der Waals surface area (Å²) in [6.45, 7) is 5.46. The molecule has 3 aromatic rings. The molecular formula is C18H20ClN5O3S. The van der Waals surface area contributed by atoms with E-state index in [1.54, 1.807) is 18.2 Å². The van der Waals surface area contributed by atoms with Crippen LogP contribution in [0.1, 0.15) is 13.8 Å². The number of fused-ring (bicyclic) bond motifs is 1. The molecule has 2 heterocycles. The summed E-state index contributed by atoms with van der Waals surface area (Å²) in [4.78, 5) is 35.8. The lowest BCUT2D eigenvalue weighted by Gasteiger charge is -2.15. The predicted molar refractivity (Wildman–Crippen MR) is 112 cm³/mol. The van der Waals surface area contributed by atoms with Gasteiger partial charge in [-0.15, -0.1) is 0 Å². The van der Waals surface area contributed by atoms with Crippen LogP contribution in [-0.2, 0) is 11.3 Å². The van der Waals surface area contributed by atoms with Gasteiger partial charge in [0.05, 0.1) is 12.1 Å². The highest BCUT2D eigenvalue weighted by Crippen LogP contribution is 2.27. The Morgan fingerprint density at radius 2 is 2.11 bits per heavy atom. The maximum Gasteiger partial charge on any atom is 0.273 e. The molecular weight excluding hydrogens is 402 g/mol. The Balaban J connectivity index is 1.80. The third-order valence-corrected chi connectivity index (χ3v) is 5.54. The zero-order valence-electron chi connectivity index (χ0n) is 15.7. The van der Waals surface area contributed by atoms with Gasteiger partial charge in [0.25, 0.3) is 5.56 Å². The van der Waals surface area contributed by atoms with Crippen molar-refractivity contribution >= 4 is 50.0 Å². The second kappa shape index (κ2) is 8.57. The topological polar surface area (TPSA) is 89.3 Å². The highest BCUT2D eigenvalue weighted by Gasteiger charge is 2.15. The number of carbonyl (C=O) groups excluding carboxylic acids is 1. The van der Waals surface area contributed by atoms with Crippen LogP contribution < -0.4 is 20.5 Å². The number of carbonyl (C=O) groups is 1. The first-order valence-corrected chi connectivity index (χ1v) is 9.90. The normalized spacial score (nSPS) is 10.9. The maximum atomic E-state index is 12.7. The number of benzene rings is 1. The first-order chi connectivity index (χ1) is 13.5. The van der Waals surface area contributed by atoms with Crippen LogP contribution in [0.5, 0.6) is 5.75 Å². The van der Waals surface area contributed by atoms with Crippen LogP contribution in [0, 0.1) is 0 Å². The number of methoxy groups -OCH3 is 1. The Kier molecular flexibility index (Phi) is 6.15. The molecule has 0 saturated heterocycles. The Morgan fingerprint density at radius 3 is 2.75 bits per heavy atom. The van der Waals surface area contributed by atoms with E-state index in [1.807, 2.05) is 13.8 Å². The third kappa shape index (κ3) is 4.10. The molecule has 0 saturated carbocycles. The minimum atomic E-state index is -0.363. The summed E-state index contributed by atoms with van der Waals surface area (Å²) in [7, 11) is 1.51. The van der Waals surface area contributed by atoms with Gasteiger partial charge in [-0.05, 0) is 32.0 Å². The molecule has 8 nitrogen and oxygen atoms in total. The van der Waals surface area contributed by atoms with Crippen molar-refractivity contribution in [2.24, 2.45) is 0 Å². The standard InChI is InChI=1S/C18H20ClN5O3S/c1-4-23(5-2)18-22-16-15(28-18)17(26)24(10-20-16)9-14(25)21-11-6-7-13(27-3)12(19)8-11/h6-8,10H,4-5,9H2,1-3H3,(H,21,25). The molecule has 0 unspecified atom stereocenters. The average Bonchev–Trinajstić information content (AvgIpc) is 3.10. The predicted octanol–water partition coefficient (Wildman–Crippen LogP) is 3.00. The number of aromatic nitrogens is 3. The first-order valence-electron chi connectivity index (χ1n) is 8.71. The van der Waals surface area contributed by atoms with Crippen LogP contribution in [0.4, 0.5) is 10.8 Å². The van der Waals surface area contributed by atoms with E-state index >= 15 is 0 Å². The summed E-state index contributed by atoms with van der Waals surface area (Å²) >= 11 is 7.35. The fourth-order valence-electron chi connectivity index (χ4n) is 2.68. The van der Waals surface area contributed by atoms with Gasteiger partial charge < -0.3 is 15.0 Å². The summed E-state index contributed by atoms with van der Waals surface area (Å²) in [5, 5.41) is 3.85. The van der Waals surface area contributed by atoms with Crippen molar-refractivity contribution in [3.05, 3.63) is 39.9 Å². The summed E-state index contributed by atoms with van der Waals surface area (Å²) in [5.41, 5.74) is 0.624. The largest absolute Gasteiger partial charge is 0.495 e. The maximum absolute atomic E-state index is 12.7. The fraction of sp³-hybridized carbons (Fsp3) is 0.333. The second-order valence-corrected chi connectivity index (χ2v) is 7.28. The molecule has 28 heavy (non-hydrogen) atoms. The van der Waals surface area contributed by atoms with Crippen molar-refractivity contribution in [1.82, 2.24) is 14.5 Å². The molecule has 0 spiro atoms. The van der Waals surface area contributed by atoms with Crippen LogP contribution in [0.25, 0.3) is 10.3 Å². The highest BCUT2D eigenvalue weighted by atomic mass is 35.5. The third-order valence-electron chi connectivity index (χ3n) is 4.16. The molecule has 0 bridgehead atoms. The van der Waals surface area contributed by atoms with Gasteiger partial charge in [-0.1, -0.05) is 22.9 Å². The van der Waals surface area contributed by atoms with E-state index in [0.717, 1.165) is 18.2 Å². The average molecular weight is 422 g/mol. The van der Waals surface area contributed by atoms with Gasteiger partial charge >= 0.3 is 0 Å². The summed E-state index contributed by atoms with van der Waals surface area (Å²) < 4.78 is 6.79. The monoisotopic (exact) mass is 421 g/mol. The number of halogens is 1. The Hall–Kier alpha value is -2.65.